The van der Waals surface area contributed by atoms with Crippen molar-refractivity contribution in [2.75, 3.05) is 40.4 Å². The van der Waals surface area contributed by atoms with E-state index < -0.39 is 0 Å². The highest BCUT2D eigenvalue weighted by molar-refractivity contribution is 9.10. The first kappa shape index (κ1) is 16.6. The molecule has 0 aromatic carbocycles. The van der Waals surface area contributed by atoms with E-state index in [0.717, 1.165) is 49.4 Å². The molecule has 0 saturated heterocycles. The van der Waals surface area contributed by atoms with Crippen molar-refractivity contribution >= 4 is 15.9 Å². The van der Waals surface area contributed by atoms with E-state index >= 15 is 0 Å². The third kappa shape index (κ3) is 5.60. The molecule has 1 heterocycles. The molecule has 0 unspecified atom stereocenters. The highest BCUT2D eigenvalue weighted by Gasteiger charge is 2.11. The van der Waals surface area contributed by atoms with Crippen LogP contribution < -0.4 is 5.32 Å². The zero-order valence-electron chi connectivity index (χ0n) is 12.4. The summed E-state index contributed by atoms with van der Waals surface area (Å²) in [5, 5.41) is 7.85. The van der Waals surface area contributed by atoms with E-state index in [9.17, 15) is 0 Å². The summed E-state index contributed by atoms with van der Waals surface area (Å²) in [5.74, 6) is 0. The zero-order valence-corrected chi connectivity index (χ0v) is 14.0. The molecule has 1 aromatic heterocycles. The summed E-state index contributed by atoms with van der Waals surface area (Å²) < 4.78 is 8.59. The van der Waals surface area contributed by atoms with Crippen molar-refractivity contribution in [1.82, 2.24) is 20.0 Å². The van der Waals surface area contributed by atoms with Crippen LogP contribution in [0.25, 0.3) is 0 Å². The van der Waals surface area contributed by atoms with Crippen molar-refractivity contribution in [3.8, 4) is 0 Å². The number of nitrogens with zero attached hydrogens (tertiary/aromatic N) is 3. The Kier molecular flexibility index (Phi) is 7.60. The van der Waals surface area contributed by atoms with Crippen LogP contribution in [0.3, 0.4) is 0 Å². The van der Waals surface area contributed by atoms with Crippen LogP contribution in [0, 0.1) is 0 Å². The maximum absolute atomic E-state index is 5.53. The third-order valence-electron chi connectivity index (χ3n) is 2.90. The molecule has 0 bridgehead atoms. The van der Waals surface area contributed by atoms with Gasteiger partial charge in [0.1, 0.15) is 0 Å². The highest BCUT2D eigenvalue weighted by atomic mass is 79.9. The maximum atomic E-state index is 5.53. The van der Waals surface area contributed by atoms with Crippen molar-refractivity contribution in [2.45, 2.75) is 19.9 Å². The average Bonchev–Trinajstić information content (AvgIpc) is 2.64. The van der Waals surface area contributed by atoms with Gasteiger partial charge in [0.05, 0.1) is 29.1 Å². The van der Waals surface area contributed by atoms with Crippen molar-refractivity contribution < 1.29 is 4.74 Å². The number of halogens is 1. The Balaban J connectivity index is 2.21. The third-order valence-corrected chi connectivity index (χ3v) is 3.82. The lowest BCUT2D eigenvalue weighted by Gasteiger charge is -2.10. The molecule has 5 nitrogen and oxygen atoms in total. The van der Waals surface area contributed by atoms with Gasteiger partial charge >= 0.3 is 0 Å². The van der Waals surface area contributed by atoms with Gasteiger partial charge in [-0.1, -0.05) is 6.92 Å². The zero-order chi connectivity index (χ0) is 14.3. The first-order valence-electron chi connectivity index (χ1n) is 6.69. The minimum absolute atomic E-state index is 0.740. The van der Waals surface area contributed by atoms with Crippen LogP contribution >= 0.6 is 15.9 Å². The summed E-state index contributed by atoms with van der Waals surface area (Å²) in [7, 11) is 6.08. The van der Waals surface area contributed by atoms with E-state index in [4.69, 9.17) is 4.74 Å². The number of aromatic nitrogens is 2. The standard InChI is InChI=1S/C13H25BrN4O/c1-5-11-13(14)12(18(4)16-11)10-15-6-8-19-9-7-17(2)3/h15H,5-10H2,1-4H3. The Bertz CT molecular complexity index is 379. The van der Waals surface area contributed by atoms with Gasteiger partial charge in [0.25, 0.3) is 0 Å². The van der Waals surface area contributed by atoms with Crippen LogP contribution in [0.4, 0.5) is 0 Å². The summed E-state index contributed by atoms with van der Waals surface area (Å²) in [6.07, 6.45) is 0.946. The van der Waals surface area contributed by atoms with Crippen LogP contribution in [0.2, 0.25) is 0 Å². The lowest BCUT2D eigenvalue weighted by Crippen LogP contribution is -2.23. The number of ether oxygens (including phenoxy) is 1. The van der Waals surface area contributed by atoms with Gasteiger partial charge in [-0.2, -0.15) is 5.10 Å². The number of aryl methyl sites for hydroxylation is 2. The Morgan fingerprint density at radius 3 is 2.68 bits per heavy atom. The number of hydrogen-bond acceptors (Lipinski definition) is 4. The van der Waals surface area contributed by atoms with Gasteiger partial charge in [-0.25, -0.2) is 0 Å². The molecule has 0 radical (unpaired) electrons. The molecule has 1 aromatic rings. The second-order valence-corrected chi connectivity index (χ2v) is 5.57. The van der Waals surface area contributed by atoms with E-state index in [1.165, 1.54) is 5.69 Å². The van der Waals surface area contributed by atoms with Gasteiger partial charge in [0.2, 0.25) is 0 Å². The summed E-state index contributed by atoms with van der Waals surface area (Å²) in [4.78, 5) is 2.12. The lowest BCUT2D eigenvalue weighted by molar-refractivity contribution is 0.119. The van der Waals surface area contributed by atoms with Crippen molar-refractivity contribution in [3.05, 3.63) is 15.9 Å². The number of rotatable bonds is 9. The van der Waals surface area contributed by atoms with Gasteiger partial charge in [0, 0.05) is 26.7 Å². The van der Waals surface area contributed by atoms with E-state index in [0.29, 0.717) is 0 Å². The van der Waals surface area contributed by atoms with Gasteiger partial charge in [-0.3, -0.25) is 4.68 Å². The summed E-state index contributed by atoms with van der Waals surface area (Å²) >= 11 is 3.61. The fraction of sp³-hybridized carbons (Fsp3) is 0.769. The molecule has 0 aliphatic carbocycles. The monoisotopic (exact) mass is 332 g/mol. The molecule has 0 saturated carbocycles. The Morgan fingerprint density at radius 2 is 2.11 bits per heavy atom. The first-order chi connectivity index (χ1) is 9.06. The fourth-order valence-electron chi connectivity index (χ4n) is 1.71. The molecule has 19 heavy (non-hydrogen) atoms. The van der Waals surface area contributed by atoms with E-state index in [2.05, 4.69) is 38.2 Å². The molecule has 0 atom stereocenters. The molecular formula is C13H25BrN4O. The van der Waals surface area contributed by atoms with Crippen molar-refractivity contribution in [1.29, 1.82) is 0 Å². The van der Waals surface area contributed by atoms with Gasteiger partial charge in [-0.15, -0.1) is 0 Å². The second-order valence-electron chi connectivity index (χ2n) is 4.78. The Morgan fingerprint density at radius 1 is 1.37 bits per heavy atom. The van der Waals surface area contributed by atoms with Crippen molar-refractivity contribution in [3.63, 3.8) is 0 Å². The van der Waals surface area contributed by atoms with Crippen LogP contribution in [-0.2, 0) is 24.8 Å². The highest BCUT2D eigenvalue weighted by Crippen LogP contribution is 2.21. The van der Waals surface area contributed by atoms with E-state index in [1.54, 1.807) is 0 Å². The van der Waals surface area contributed by atoms with Crippen LogP contribution in [0.1, 0.15) is 18.3 Å². The van der Waals surface area contributed by atoms with Gasteiger partial charge in [-0.05, 0) is 36.4 Å². The predicted molar refractivity (Wildman–Crippen MR) is 81.4 cm³/mol. The average molecular weight is 333 g/mol. The predicted octanol–water partition coefficient (Wildman–Crippen LogP) is 1.41. The molecule has 110 valence electrons. The number of hydrogen-bond donors (Lipinski definition) is 1. The number of likely N-dealkylation sites (N-methyl/N-ethyl adjacent to an activating group) is 1. The topological polar surface area (TPSA) is 42.3 Å². The minimum atomic E-state index is 0.740. The maximum Gasteiger partial charge on any atom is 0.0767 e. The second kappa shape index (κ2) is 8.68. The fourth-order valence-corrected chi connectivity index (χ4v) is 2.47. The summed E-state index contributed by atoms with van der Waals surface area (Å²) in [5.41, 5.74) is 2.30. The summed E-state index contributed by atoms with van der Waals surface area (Å²) in [6.45, 7) is 6.26. The molecule has 0 aliphatic rings. The van der Waals surface area contributed by atoms with Crippen LogP contribution in [-0.4, -0.2) is 55.1 Å². The lowest BCUT2D eigenvalue weighted by atomic mass is 10.3. The van der Waals surface area contributed by atoms with E-state index in [1.807, 2.05) is 25.8 Å². The summed E-state index contributed by atoms with van der Waals surface area (Å²) in [6, 6.07) is 0. The Labute approximate surface area is 124 Å². The Hall–Kier alpha value is -0.430. The van der Waals surface area contributed by atoms with Crippen LogP contribution in [0.5, 0.6) is 0 Å². The number of nitrogens with one attached hydrogen (secondary N) is 1. The molecule has 1 rings (SSSR count). The minimum Gasteiger partial charge on any atom is -0.379 e. The SMILES string of the molecule is CCc1nn(C)c(CNCCOCCN(C)C)c1Br. The quantitative estimate of drug-likeness (QED) is 0.694. The molecular weight excluding hydrogens is 308 g/mol. The largest absolute Gasteiger partial charge is 0.379 e. The van der Waals surface area contributed by atoms with E-state index in [-0.39, 0.29) is 0 Å². The smallest absolute Gasteiger partial charge is 0.0767 e. The van der Waals surface area contributed by atoms with Crippen molar-refractivity contribution in [2.24, 2.45) is 7.05 Å². The molecule has 0 aliphatic heterocycles. The molecule has 0 amide bonds. The molecule has 0 spiro atoms. The van der Waals surface area contributed by atoms with Crippen LogP contribution in [0.15, 0.2) is 4.47 Å². The van der Waals surface area contributed by atoms with Gasteiger partial charge < -0.3 is 15.0 Å². The first-order valence-corrected chi connectivity index (χ1v) is 7.49. The molecule has 1 N–H and O–H groups in total. The van der Waals surface area contributed by atoms with Gasteiger partial charge in [0.15, 0.2) is 0 Å². The molecule has 0 fully saturated rings. The normalized spacial score (nSPS) is 11.5. The molecule has 6 heteroatoms.